The molecule has 22 heavy (non-hydrogen) atoms. The fourth-order valence-corrected chi connectivity index (χ4v) is 4.62. The summed E-state index contributed by atoms with van der Waals surface area (Å²) in [5, 5.41) is 3.25. The SMILES string of the molecule is COC(=O)c1cc(S(=O)(=O)N2CCC3CCC(C2)N3)oc1C. The topological polar surface area (TPSA) is 88.9 Å². The number of ether oxygens (including phenoxy) is 1. The smallest absolute Gasteiger partial charge is 0.341 e. The Kier molecular flexibility index (Phi) is 4.00. The number of carbonyl (C=O) groups is 1. The average Bonchev–Trinajstić information content (AvgIpc) is 3.01. The van der Waals surface area contributed by atoms with Gasteiger partial charge in [-0.05, 0) is 26.2 Å². The van der Waals surface area contributed by atoms with Gasteiger partial charge in [-0.25, -0.2) is 13.2 Å². The lowest BCUT2D eigenvalue weighted by Crippen LogP contribution is -2.38. The highest BCUT2D eigenvalue weighted by Crippen LogP contribution is 2.27. The molecule has 1 N–H and O–H groups in total. The molecule has 0 aliphatic carbocycles. The summed E-state index contributed by atoms with van der Waals surface area (Å²) in [5.41, 5.74) is 0.149. The molecule has 2 bridgehead atoms. The lowest BCUT2D eigenvalue weighted by Gasteiger charge is -2.22. The molecule has 2 saturated heterocycles. The maximum Gasteiger partial charge on any atom is 0.341 e. The van der Waals surface area contributed by atoms with E-state index < -0.39 is 16.0 Å². The first-order chi connectivity index (χ1) is 10.4. The molecule has 2 unspecified atom stereocenters. The molecule has 8 heteroatoms. The van der Waals surface area contributed by atoms with Gasteiger partial charge in [0, 0.05) is 31.2 Å². The zero-order valence-corrected chi connectivity index (χ0v) is 13.5. The fourth-order valence-electron chi connectivity index (χ4n) is 3.15. The normalized spacial score (nSPS) is 25.9. The highest BCUT2D eigenvalue weighted by atomic mass is 32.2. The number of esters is 1. The van der Waals surface area contributed by atoms with Crippen LogP contribution < -0.4 is 5.32 Å². The standard InChI is InChI=1S/C14H20N2O5S/c1-9-12(14(17)20-2)7-13(21-9)22(18,19)16-6-5-10-3-4-11(8-16)15-10/h7,10-11,15H,3-6,8H2,1-2H3. The lowest BCUT2D eigenvalue weighted by atomic mass is 10.1. The summed E-state index contributed by atoms with van der Waals surface area (Å²) in [7, 11) is -2.48. The molecule has 0 aromatic carbocycles. The quantitative estimate of drug-likeness (QED) is 0.829. The second kappa shape index (κ2) is 5.68. The van der Waals surface area contributed by atoms with Crippen LogP contribution in [0.25, 0.3) is 0 Å². The van der Waals surface area contributed by atoms with Crippen LogP contribution in [0.3, 0.4) is 0 Å². The third kappa shape index (κ3) is 2.66. The molecule has 0 amide bonds. The number of rotatable bonds is 3. The summed E-state index contributed by atoms with van der Waals surface area (Å²) in [6.07, 6.45) is 2.88. The number of carbonyl (C=O) groups excluding carboxylic acids is 1. The molecular formula is C14H20N2O5S. The van der Waals surface area contributed by atoms with Crippen molar-refractivity contribution in [1.82, 2.24) is 9.62 Å². The number of methoxy groups -OCH3 is 1. The van der Waals surface area contributed by atoms with Crippen molar-refractivity contribution in [1.29, 1.82) is 0 Å². The van der Waals surface area contributed by atoms with Crippen molar-refractivity contribution in [3.8, 4) is 0 Å². The number of sulfonamides is 1. The Morgan fingerprint density at radius 3 is 2.82 bits per heavy atom. The van der Waals surface area contributed by atoms with E-state index >= 15 is 0 Å². The summed E-state index contributed by atoms with van der Waals surface area (Å²) in [5.74, 6) is -0.348. The summed E-state index contributed by atoms with van der Waals surface area (Å²) < 4.78 is 36.9. The zero-order chi connectivity index (χ0) is 15.9. The van der Waals surface area contributed by atoms with E-state index in [0.29, 0.717) is 19.1 Å². The van der Waals surface area contributed by atoms with Crippen LogP contribution in [0, 0.1) is 6.92 Å². The van der Waals surface area contributed by atoms with Crippen molar-refractivity contribution in [3.05, 3.63) is 17.4 Å². The number of nitrogens with zero attached hydrogens (tertiary/aromatic N) is 1. The van der Waals surface area contributed by atoms with Gasteiger partial charge in [-0.1, -0.05) is 0 Å². The molecule has 2 atom stereocenters. The molecule has 0 saturated carbocycles. The Balaban J connectivity index is 1.88. The van der Waals surface area contributed by atoms with Crippen LogP contribution in [0.5, 0.6) is 0 Å². The number of hydrogen-bond donors (Lipinski definition) is 1. The maximum absolute atomic E-state index is 12.7. The monoisotopic (exact) mass is 328 g/mol. The Labute approximate surface area is 129 Å². The molecule has 122 valence electrons. The van der Waals surface area contributed by atoms with Gasteiger partial charge in [0.15, 0.2) is 0 Å². The van der Waals surface area contributed by atoms with Crippen molar-refractivity contribution < 1.29 is 22.4 Å². The molecule has 1 aromatic rings. The highest BCUT2D eigenvalue weighted by Gasteiger charge is 2.37. The van der Waals surface area contributed by atoms with Crippen molar-refractivity contribution >= 4 is 16.0 Å². The van der Waals surface area contributed by atoms with Crippen molar-refractivity contribution in [2.45, 2.75) is 43.4 Å². The van der Waals surface area contributed by atoms with E-state index in [9.17, 15) is 13.2 Å². The van der Waals surface area contributed by atoms with Crippen LogP contribution >= 0.6 is 0 Å². The van der Waals surface area contributed by atoms with E-state index in [1.165, 1.54) is 17.5 Å². The fraction of sp³-hybridized carbons (Fsp3) is 0.643. The Hall–Kier alpha value is -1.38. The molecule has 0 radical (unpaired) electrons. The van der Waals surface area contributed by atoms with Gasteiger partial charge in [-0.3, -0.25) is 0 Å². The number of nitrogens with one attached hydrogen (secondary N) is 1. The second-order valence-electron chi connectivity index (χ2n) is 5.82. The Morgan fingerprint density at radius 1 is 1.36 bits per heavy atom. The van der Waals surface area contributed by atoms with Crippen LogP contribution in [0.4, 0.5) is 0 Å². The zero-order valence-electron chi connectivity index (χ0n) is 12.7. The predicted molar refractivity (Wildman–Crippen MR) is 78.1 cm³/mol. The first-order valence-electron chi connectivity index (χ1n) is 7.36. The van der Waals surface area contributed by atoms with E-state index in [1.54, 1.807) is 6.92 Å². The van der Waals surface area contributed by atoms with Crippen LogP contribution in [0.2, 0.25) is 0 Å². The average molecular weight is 328 g/mol. The maximum atomic E-state index is 12.7. The van der Waals surface area contributed by atoms with Crippen LogP contribution in [0.1, 0.15) is 35.4 Å². The molecule has 2 fully saturated rings. The summed E-state index contributed by atoms with van der Waals surface area (Å²) in [6, 6.07) is 1.85. The van der Waals surface area contributed by atoms with Crippen LogP contribution in [0.15, 0.2) is 15.6 Å². The van der Waals surface area contributed by atoms with Crippen molar-refractivity contribution in [2.75, 3.05) is 20.2 Å². The van der Waals surface area contributed by atoms with Crippen LogP contribution in [-0.2, 0) is 14.8 Å². The number of aryl methyl sites for hydroxylation is 1. The first kappa shape index (κ1) is 15.5. The van der Waals surface area contributed by atoms with E-state index in [2.05, 4.69) is 10.1 Å². The van der Waals surface area contributed by atoms with Gasteiger partial charge in [0.2, 0.25) is 5.09 Å². The first-order valence-corrected chi connectivity index (χ1v) is 8.80. The van der Waals surface area contributed by atoms with Gasteiger partial charge in [0.25, 0.3) is 10.0 Å². The molecule has 7 nitrogen and oxygen atoms in total. The number of furan rings is 1. The minimum absolute atomic E-state index is 0.149. The molecule has 2 aliphatic heterocycles. The highest BCUT2D eigenvalue weighted by molar-refractivity contribution is 7.89. The molecular weight excluding hydrogens is 308 g/mol. The van der Waals surface area contributed by atoms with Crippen molar-refractivity contribution in [3.63, 3.8) is 0 Å². The van der Waals surface area contributed by atoms with E-state index in [-0.39, 0.29) is 22.5 Å². The van der Waals surface area contributed by atoms with E-state index in [1.807, 2.05) is 0 Å². The molecule has 3 rings (SSSR count). The molecule has 2 aliphatic rings. The summed E-state index contributed by atoms with van der Waals surface area (Å²) in [4.78, 5) is 11.6. The number of hydrogen-bond acceptors (Lipinski definition) is 6. The van der Waals surface area contributed by atoms with E-state index in [0.717, 1.165) is 19.3 Å². The second-order valence-corrected chi connectivity index (χ2v) is 7.69. The minimum Gasteiger partial charge on any atom is -0.465 e. The van der Waals surface area contributed by atoms with E-state index in [4.69, 9.17) is 4.42 Å². The van der Waals surface area contributed by atoms with Gasteiger partial charge in [0.05, 0.1) is 7.11 Å². The molecule has 3 heterocycles. The predicted octanol–water partition coefficient (Wildman–Crippen LogP) is 0.890. The number of fused-ring (bicyclic) bond motifs is 2. The third-order valence-corrected chi connectivity index (χ3v) is 6.10. The minimum atomic E-state index is -3.73. The Morgan fingerprint density at radius 2 is 2.09 bits per heavy atom. The largest absolute Gasteiger partial charge is 0.465 e. The lowest BCUT2D eigenvalue weighted by molar-refractivity contribution is 0.0599. The van der Waals surface area contributed by atoms with Gasteiger partial charge in [-0.2, -0.15) is 4.31 Å². The third-order valence-electron chi connectivity index (χ3n) is 4.38. The molecule has 1 aromatic heterocycles. The molecule has 0 spiro atoms. The summed E-state index contributed by atoms with van der Waals surface area (Å²) >= 11 is 0. The van der Waals surface area contributed by atoms with Gasteiger partial charge in [-0.15, -0.1) is 0 Å². The van der Waals surface area contributed by atoms with Gasteiger partial charge in [0.1, 0.15) is 11.3 Å². The van der Waals surface area contributed by atoms with Gasteiger partial charge >= 0.3 is 5.97 Å². The Bertz CT molecular complexity index is 681. The summed E-state index contributed by atoms with van der Waals surface area (Å²) in [6.45, 7) is 2.45. The van der Waals surface area contributed by atoms with Gasteiger partial charge < -0.3 is 14.5 Å². The van der Waals surface area contributed by atoms with Crippen LogP contribution in [-0.4, -0.2) is 51.0 Å². The van der Waals surface area contributed by atoms with Crippen molar-refractivity contribution in [2.24, 2.45) is 0 Å².